The lowest BCUT2D eigenvalue weighted by molar-refractivity contribution is 0.0729. The van der Waals surface area contributed by atoms with E-state index in [9.17, 15) is 13.2 Å². The van der Waals surface area contributed by atoms with E-state index in [1.807, 2.05) is 0 Å². The molecule has 2 aliphatic heterocycles. The molecular formula is C18H21N3O4S2. The Morgan fingerprint density at radius 3 is 3.00 bits per heavy atom. The molecule has 7 nitrogen and oxygen atoms in total. The number of carbonyl (C=O) groups is 1. The predicted octanol–water partition coefficient (Wildman–Crippen LogP) is 1.80. The number of amides is 1. The quantitative estimate of drug-likeness (QED) is 0.816. The van der Waals surface area contributed by atoms with Gasteiger partial charge in [0.1, 0.15) is 5.69 Å². The highest BCUT2D eigenvalue weighted by atomic mass is 32.2. The van der Waals surface area contributed by atoms with Crippen molar-refractivity contribution in [3.8, 4) is 0 Å². The van der Waals surface area contributed by atoms with E-state index < -0.39 is 10.0 Å². The van der Waals surface area contributed by atoms with Gasteiger partial charge in [-0.25, -0.2) is 18.1 Å². The lowest BCUT2D eigenvalue weighted by atomic mass is 10.00. The number of hydrogen-bond acceptors (Lipinski definition) is 6. The summed E-state index contributed by atoms with van der Waals surface area (Å²) in [4.78, 5) is 18.6. The zero-order chi connectivity index (χ0) is 18.9. The predicted molar refractivity (Wildman–Crippen MR) is 101 cm³/mol. The van der Waals surface area contributed by atoms with Crippen LogP contribution in [0.25, 0.3) is 0 Å². The van der Waals surface area contributed by atoms with E-state index in [0.29, 0.717) is 38.4 Å². The maximum absolute atomic E-state index is 12.6. The fraction of sp³-hybridized carbons (Fsp3) is 0.444. The van der Waals surface area contributed by atoms with Crippen molar-refractivity contribution in [1.29, 1.82) is 0 Å². The molecule has 4 rings (SSSR count). The van der Waals surface area contributed by atoms with Gasteiger partial charge in [0.05, 0.1) is 16.5 Å². The van der Waals surface area contributed by atoms with Gasteiger partial charge in [0, 0.05) is 31.6 Å². The Kier molecular flexibility index (Phi) is 5.27. The van der Waals surface area contributed by atoms with Crippen molar-refractivity contribution in [2.24, 2.45) is 0 Å². The van der Waals surface area contributed by atoms with Crippen LogP contribution in [-0.4, -0.2) is 50.0 Å². The molecule has 1 atom stereocenters. The van der Waals surface area contributed by atoms with Crippen LogP contribution in [0.15, 0.2) is 34.0 Å². The third-order valence-corrected chi connectivity index (χ3v) is 6.97. The average molecular weight is 408 g/mol. The number of ether oxygens (including phenoxy) is 1. The van der Waals surface area contributed by atoms with E-state index in [2.05, 4.69) is 9.71 Å². The first kappa shape index (κ1) is 18.5. The van der Waals surface area contributed by atoms with E-state index in [1.165, 1.54) is 11.3 Å². The summed E-state index contributed by atoms with van der Waals surface area (Å²) in [5, 5.41) is 1.74. The Bertz CT molecular complexity index is 922. The van der Waals surface area contributed by atoms with Crippen LogP contribution in [0.5, 0.6) is 0 Å². The minimum absolute atomic E-state index is 0.0392. The Hall–Kier alpha value is -1.81. The first-order valence-electron chi connectivity index (χ1n) is 8.93. The third kappa shape index (κ3) is 4.06. The molecule has 0 saturated carbocycles. The first-order valence-corrected chi connectivity index (χ1v) is 11.4. The molecule has 2 aliphatic rings. The summed E-state index contributed by atoms with van der Waals surface area (Å²) in [6, 6.07) is 5.13. The molecule has 0 spiro atoms. The minimum atomic E-state index is -3.57. The Morgan fingerprint density at radius 2 is 2.26 bits per heavy atom. The first-order chi connectivity index (χ1) is 13.0. The SMILES string of the molecule is O=C(c1cscn1)N1CCc2cc(S(=O)(=O)NC[C@H]3CCCO3)ccc2C1. The molecule has 1 N–H and O–H groups in total. The van der Waals surface area contributed by atoms with Crippen molar-refractivity contribution >= 4 is 27.3 Å². The molecule has 27 heavy (non-hydrogen) atoms. The van der Waals surface area contributed by atoms with E-state index >= 15 is 0 Å². The van der Waals surface area contributed by atoms with Crippen molar-refractivity contribution in [1.82, 2.24) is 14.6 Å². The van der Waals surface area contributed by atoms with Gasteiger partial charge in [-0.15, -0.1) is 11.3 Å². The van der Waals surface area contributed by atoms with Crippen LogP contribution in [0.3, 0.4) is 0 Å². The number of nitrogens with zero attached hydrogens (tertiary/aromatic N) is 2. The number of thiazole rings is 1. The van der Waals surface area contributed by atoms with Crippen LogP contribution in [0.4, 0.5) is 0 Å². The smallest absolute Gasteiger partial charge is 0.273 e. The summed E-state index contributed by atoms with van der Waals surface area (Å²) in [5.41, 5.74) is 4.05. The molecule has 0 radical (unpaired) electrons. The molecule has 0 aliphatic carbocycles. The minimum Gasteiger partial charge on any atom is -0.377 e. The monoisotopic (exact) mass is 407 g/mol. The van der Waals surface area contributed by atoms with Crippen LogP contribution in [-0.2, 0) is 27.7 Å². The number of nitrogens with one attached hydrogen (secondary N) is 1. The maximum Gasteiger partial charge on any atom is 0.273 e. The van der Waals surface area contributed by atoms with Crippen molar-refractivity contribution in [3.05, 3.63) is 45.9 Å². The fourth-order valence-electron chi connectivity index (χ4n) is 3.44. The largest absolute Gasteiger partial charge is 0.377 e. The molecule has 1 fully saturated rings. The average Bonchev–Trinajstić information content (AvgIpc) is 3.39. The second-order valence-electron chi connectivity index (χ2n) is 6.77. The zero-order valence-corrected chi connectivity index (χ0v) is 16.4. The van der Waals surface area contributed by atoms with E-state index in [4.69, 9.17) is 4.74 Å². The second-order valence-corrected chi connectivity index (χ2v) is 9.25. The van der Waals surface area contributed by atoms with Crippen LogP contribution in [0, 0.1) is 0 Å². The van der Waals surface area contributed by atoms with Crippen molar-refractivity contribution in [3.63, 3.8) is 0 Å². The lowest BCUT2D eigenvalue weighted by Gasteiger charge is -2.28. The van der Waals surface area contributed by atoms with E-state index in [0.717, 1.165) is 24.0 Å². The van der Waals surface area contributed by atoms with Gasteiger partial charge in [-0.05, 0) is 42.5 Å². The van der Waals surface area contributed by atoms with Crippen LogP contribution in [0.1, 0.15) is 34.5 Å². The summed E-state index contributed by atoms with van der Waals surface area (Å²) in [6.07, 6.45) is 2.44. The summed E-state index contributed by atoms with van der Waals surface area (Å²) in [7, 11) is -3.57. The Labute approximate surface area is 162 Å². The summed E-state index contributed by atoms with van der Waals surface area (Å²) < 4.78 is 33.2. The summed E-state index contributed by atoms with van der Waals surface area (Å²) in [6.45, 7) is 2.02. The standard InChI is InChI=1S/C18H21N3O4S2/c22-18(17-11-26-12-19-17)21-6-5-13-8-16(4-3-14(13)10-21)27(23,24)20-9-15-2-1-7-25-15/h3-4,8,11-12,15,20H,1-2,5-7,9-10H2/t15-/m1/s1. The zero-order valence-electron chi connectivity index (χ0n) is 14.8. The van der Waals surface area contributed by atoms with Gasteiger partial charge in [0.2, 0.25) is 10.0 Å². The van der Waals surface area contributed by atoms with Gasteiger partial charge < -0.3 is 9.64 Å². The number of hydrogen-bond donors (Lipinski definition) is 1. The molecule has 1 saturated heterocycles. The van der Waals surface area contributed by atoms with Gasteiger partial charge >= 0.3 is 0 Å². The Morgan fingerprint density at radius 1 is 1.37 bits per heavy atom. The normalized spacial score (nSPS) is 19.9. The number of rotatable bonds is 5. The van der Waals surface area contributed by atoms with Gasteiger partial charge in [-0.1, -0.05) is 6.07 Å². The Balaban J connectivity index is 1.45. The van der Waals surface area contributed by atoms with Crippen LogP contribution >= 0.6 is 11.3 Å². The van der Waals surface area contributed by atoms with Crippen LogP contribution < -0.4 is 4.72 Å². The highest BCUT2D eigenvalue weighted by Crippen LogP contribution is 2.24. The molecule has 0 bridgehead atoms. The molecule has 144 valence electrons. The molecule has 9 heteroatoms. The molecule has 1 amide bonds. The lowest BCUT2D eigenvalue weighted by Crippen LogP contribution is -2.36. The topological polar surface area (TPSA) is 88.6 Å². The van der Waals surface area contributed by atoms with Gasteiger partial charge in [0.25, 0.3) is 5.91 Å². The van der Waals surface area contributed by atoms with Crippen molar-refractivity contribution in [2.75, 3.05) is 19.7 Å². The molecule has 1 aromatic carbocycles. The molecule has 3 heterocycles. The number of benzene rings is 1. The number of sulfonamides is 1. The van der Waals surface area contributed by atoms with Gasteiger partial charge in [-0.2, -0.15) is 0 Å². The van der Waals surface area contributed by atoms with Crippen molar-refractivity contribution < 1.29 is 17.9 Å². The second kappa shape index (κ2) is 7.67. The number of carbonyl (C=O) groups excluding carboxylic acids is 1. The fourth-order valence-corrected chi connectivity index (χ4v) is 5.08. The van der Waals surface area contributed by atoms with Gasteiger partial charge in [-0.3, -0.25) is 4.79 Å². The third-order valence-electron chi connectivity index (χ3n) is 4.96. The van der Waals surface area contributed by atoms with E-state index in [-0.39, 0.29) is 16.9 Å². The maximum atomic E-state index is 12.6. The van der Waals surface area contributed by atoms with Crippen molar-refractivity contribution in [2.45, 2.75) is 36.8 Å². The number of fused-ring (bicyclic) bond motifs is 1. The summed E-state index contributed by atoms with van der Waals surface area (Å²) in [5.74, 6) is -0.0863. The highest BCUT2D eigenvalue weighted by Gasteiger charge is 2.25. The molecule has 2 aromatic rings. The van der Waals surface area contributed by atoms with E-state index in [1.54, 1.807) is 34.0 Å². The molecule has 0 unspecified atom stereocenters. The summed E-state index contributed by atoms with van der Waals surface area (Å²) >= 11 is 1.39. The molecular weight excluding hydrogens is 386 g/mol. The van der Waals surface area contributed by atoms with Crippen LogP contribution in [0.2, 0.25) is 0 Å². The highest BCUT2D eigenvalue weighted by molar-refractivity contribution is 7.89. The number of aromatic nitrogens is 1. The van der Waals surface area contributed by atoms with Gasteiger partial charge in [0.15, 0.2) is 0 Å². The molecule has 1 aromatic heterocycles.